The molecule has 4 rings (SSSR count). The van der Waals surface area contributed by atoms with Crippen LogP contribution in [-0.4, -0.2) is 21.0 Å². The number of nitrogens with one attached hydrogen (secondary N) is 1. The van der Waals surface area contributed by atoms with E-state index >= 15 is 0 Å². The van der Waals surface area contributed by atoms with Gasteiger partial charge in [-0.1, -0.05) is 30.3 Å². The van der Waals surface area contributed by atoms with Gasteiger partial charge in [-0.05, 0) is 25.1 Å². The van der Waals surface area contributed by atoms with Crippen molar-refractivity contribution >= 4 is 22.9 Å². The fourth-order valence-corrected chi connectivity index (χ4v) is 3.15. The van der Waals surface area contributed by atoms with Gasteiger partial charge >= 0.3 is 6.09 Å². The summed E-state index contributed by atoms with van der Waals surface area (Å²) in [5.74, 6) is 0.972. The largest absolute Gasteiger partial charge is 0.465 e. The van der Waals surface area contributed by atoms with Crippen LogP contribution in [0.3, 0.4) is 0 Å². The highest BCUT2D eigenvalue weighted by molar-refractivity contribution is 5.86. The van der Waals surface area contributed by atoms with Crippen molar-refractivity contribution < 1.29 is 14.3 Å². The third-order valence-corrected chi connectivity index (χ3v) is 4.42. The summed E-state index contributed by atoms with van der Waals surface area (Å²) < 4.78 is 7.78. The van der Waals surface area contributed by atoms with Gasteiger partial charge in [-0.2, -0.15) is 10.4 Å². The lowest BCUT2D eigenvalue weighted by molar-refractivity contribution is 0.209. The van der Waals surface area contributed by atoms with Gasteiger partial charge in [-0.15, -0.1) is 0 Å². The third-order valence-electron chi connectivity index (χ3n) is 4.42. The summed E-state index contributed by atoms with van der Waals surface area (Å²) in [5, 5.41) is 25.6. The number of hydrogen-bond donors (Lipinski definition) is 2. The van der Waals surface area contributed by atoms with E-state index in [2.05, 4.69) is 16.5 Å². The van der Waals surface area contributed by atoms with Crippen LogP contribution in [0.15, 0.2) is 59.0 Å². The van der Waals surface area contributed by atoms with Gasteiger partial charge < -0.3 is 9.52 Å². The first-order valence-corrected chi connectivity index (χ1v) is 8.60. The molecule has 28 heavy (non-hydrogen) atoms. The third kappa shape index (κ3) is 3.31. The van der Waals surface area contributed by atoms with Crippen LogP contribution in [-0.2, 0) is 6.54 Å². The van der Waals surface area contributed by atoms with Crippen LogP contribution >= 0.6 is 0 Å². The van der Waals surface area contributed by atoms with Gasteiger partial charge in [0.2, 0.25) is 0 Å². The van der Waals surface area contributed by atoms with E-state index in [1.807, 2.05) is 43.3 Å². The minimum Gasteiger partial charge on any atom is -0.465 e. The molecule has 0 unspecified atom stereocenters. The van der Waals surface area contributed by atoms with Gasteiger partial charge in [0.05, 0.1) is 18.2 Å². The Labute approximate surface area is 160 Å². The van der Waals surface area contributed by atoms with E-state index in [-0.39, 0.29) is 5.82 Å². The standard InChI is InChI=1S/C21H16N4O3/c1-13-7-19(23-21(26)27)24-25(13)12-17-9-14(11-22)8-16-10-18(28-20(16)17)15-5-3-2-4-6-15/h2-10H,12H2,1H3,(H,23,24)(H,26,27). The molecule has 1 amide bonds. The van der Waals surface area contributed by atoms with Gasteiger partial charge in [-0.3, -0.25) is 10.00 Å². The zero-order valence-corrected chi connectivity index (χ0v) is 15.0. The van der Waals surface area contributed by atoms with Crippen molar-refractivity contribution in [3.63, 3.8) is 0 Å². The molecule has 4 aromatic rings. The number of aromatic nitrogens is 2. The molecule has 7 heteroatoms. The lowest BCUT2D eigenvalue weighted by Gasteiger charge is -2.06. The van der Waals surface area contributed by atoms with Crippen LogP contribution in [0.2, 0.25) is 0 Å². The van der Waals surface area contributed by atoms with Crippen LogP contribution in [0.5, 0.6) is 0 Å². The van der Waals surface area contributed by atoms with Crippen molar-refractivity contribution in [2.24, 2.45) is 0 Å². The van der Waals surface area contributed by atoms with Crippen molar-refractivity contribution in [2.75, 3.05) is 5.32 Å². The van der Waals surface area contributed by atoms with E-state index in [0.29, 0.717) is 17.7 Å². The fourth-order valence-electron chi connectivity index (χ4n) is 3.15. The normalized spacial score (nSPS) is 10.7. The van der Waals surface area contributed by atoms with Gasteiger partial charge in [0, 0.05) is 28.3 Å². The fraction of sp³-hybridized carbons (Fsp3) is 0.0952. The molecule has 0 aliphatic rings. The molecule has 0 spiro atoms. The number of carboxylic acid groups (broad SMARTS) is 1. The van der Waals surface area contributed by atoms with Crippen molar-refractivity contribution in [2.45, 2.75) is 13.5 Å². The number of hydrogen-bond acceptors (Lipinski definition) is 4. The summed E-state index contributed by atoms with van der Waals surface area (Å²) in [6.07, 6.45) is -1.17. The van der Waals surface area contributed by atoms with Crippen LogP contribution in [0.25, 0.3) is 22.3 Å². The molecule has 0 fully saturated rings. The Bertz CT molecular complexity index is 1220. The zero-order valence-electron chi connectivity index (χ0n) is 15.0. The van der Waals surface area contributed by atoms with E-state index < -0.39 is 6.09 Å². The minimum absolute atomic E-state index is 0.252. The van der Waals surface area contributed by atoms with Crippen molar-refractivity contribution in [1.29, 1.82) is 5.26 Å². The summed E-state index contributed by atoms with van der Waals surface area (Å²) in [4.78, 5) is 10.8. The number of carbonyl (C=O) groups is 1. The molecule has 7 nitrogen and oxygen atoms in total. The summed E-state index contributed by atoms with van der Waals surface area (Å²) in [6.45, 7) is 2.18. The molecule has 2 aromatic heterocycles. The maximum atomic E-state index is 10.8. The number of anilines is 1. The van der Waals surface area contributed by atoms with Gasteiger partial charge in [-0.25, -0.2) is 4.79 Å². The first-order chi connectivity index (χ1) is 13.5. The second kappa shape index (κ2) is 6.93. The Morgan fingerprint density at radius 1 is 1.25 bits per heavy atom. The van der Waals surface area contributed by atoms with Gasteiger partial charge in [0.25, 0.3) is 0 Å². The molecule has 2 heterocycles. The second-order valence-electron chi connectivity index (χ2n) is 6.40. The highest BCUT2D eigenvalue weighted by atomic mass is 16.4. The SMILES string of the molecule is Cc1cc(NC(=O)O)nn1Cc1cc(C#N)cc2cc(-c3ccccc3)oc12. The number of furan rings is 1. The van der Waals surface area contributed by atoms with Crippen LogP contribution < -0.4 is 5.32 Å². The number of fused-ring (bicyclic) bond motifs is 1. The van der Waals surface area contributed by atoms with Crippen LogP contribution in [0.1, 0.15) is 16.8 Å². The minimum atomic E-state index is -1.17. The predicted octanol–water partition coefficient (Wildman–Crippen LogP) is 4.61. The highest BCUT2D eigenvalue weighted by Gasteiger charge is 2.14. The maximum absolute atomic E-state index is 10.8. The van der Waals surface area contributed by atoms with Crippen molar-refractivity contribution in [3.05, 3.63) is 71.4 Å². The quantitative estimate of drug-likeness (QED) is 0.544. The number of nitrogens with zero attached hydrogens (tertiary/aromatic N) is 3. The molecule has 0 aliphatic carbocycles. The zero-order chi connectivity index (χ0) is 19.7. The number of nitriles is 1. The van der Waals surface area contributed by atoms with Crippen LogP contribution in [0.4, 0.5) is 10.6 Å². The first kappa shape index (κ1) is 17.4. The molecule has 138 valence electrons. The number of amides is 1. The monoisotopic (exact) mass is 372 g/mol. The molecule has 0 saturated heterocycles. The summed E-state index contributed by atoms with van der Waals surface area (Å²) in [6, 6.07) is 19.1. The predicted molar refractivity (Wildman–Crippen MR) is 104 cm³/mol. The summed E-state index contributed by atoms with van der Waals surface area (Å²) in [5.41, 5.74) is 3.74. The number of aryl methyl sites for hydroxylation is 1. The van der Waals surface area contributed by atoms with Crippen molar-refractivity contribution in [3.8, 4) is 17.4 Å². The van der Waals surface area contributed by atoms with Crippen molar-refractivity contribution in [1.82, 2.24) is 9.78 Å². The van der Waals surface area contributed by atoms with E-state index in [0.717, 1.165) is 28.0 Å². The lowest BCUT2D eigenvalue weighted by Crippen LogP contribution is -2.09. The molecule has 0 saturated carbocycles. The van der Waals surface area contributed by atoms with Gasteiger partial charge in [0.1, 0.15) is 11.3 Å². The smallest absolute Gasteiger partial charge is 0.410 e. The van der Waals surface area contributed by atoms with Crippen LogP contribution in [0, 0.1) is 18.3 Å². The van der Waals surface area contributed by atoms with E-state index in [9.17, 15) is 10.1 Å². The highest BCUT2D eigenvalue weighted by Crippen LogP contribution is 2.31. The second-order valence-corrected chi connectivity index (χ2v) is 6.40. The van der Waals surface area contributed by atoms with Gasteiger partial charge in [0.15, 0.2) is 5.82 Å². The van der Waals surface area contributed by atoms with E-state index in [1.54, 1.807) is 22.9 Å². The Balaban J connectivity index is 1.78. The molecule has 0 radical (unpaired) electrons. The molecule has 0 bridgehead atoms. The topological polar surface area (TPSA) is 104 Å². The molecule has 2 N–H and O–H groups in total. The Hall–Kier alpha value is -4.05. The Morgan fingerprint density at radius 3 is 2.75 bits per heavy atom. The number of benzene rings is 2. The molecule has 0 atom stereocenters. The average molecular weight is 372 g/mol. The number of rotatable bonds is 4. The summed E-state index contributed by atoms with van der Waals surface area (Å²) >= 11 is 0. The Kier molecular flexibility index (Phi) is 4.30. The molecule has 2 aromatic carbocycles. The first-order valence-electron chi connectivity index (χ1n) is 8.60. The van der Waals surface area contributed by atoms with E-state index in [1.165, 1.54) is 0 Å². The maximum Gasteiger partial charge on any atom is 0.410 e. The molecule has 0 aliphatic heterocycles. The molecular weight excluding hydrogens is 356 g/mol. The van der Waals surface area contributed by atoms with E-state index in [4.69, 9.17) is 9.52 Å². The summed E-state index contributed by atoms with van der Waals surface area (Å²) in [7, 11) is 0. The lowest BCUT2D eigenvalue weighted by atomic mass is 10.1. The Morgan fingerprint density at radius 2 is 2.04 bits per heavy atom. The average Bonchev–Trinajstić information content (AvgIpc) is 3.25. The molecular formula is C21H16N4O3.